The Morgan fingerprint density at radius 3 is 2.58 bits per heavy atom. The van der Waals surface area contributed by atoms with Crippen LogP contribution in [0, 0.1) is 0 Å². The summed E-state index contributed by atoms with van der Waals surface area (Å²) in [6.07, 6.45) is 0.462. The van der Waals surface area contributed by atoms with Gasteiger partial charge in [-0.3, -0.25) is 4.55 Å². The number of rotatable bonds is 8. The Balaban J connectivity index is 0.00000338. The number of carbonyl (C=O) groups excluding carboxylic acids is 2. The molecule has 2 rings (SSSR count). The van der Waals surface area contributed by atoms with Gasteiger partial charge in [0.1, 0.15) is 11.4 Å². The number of aliphatic carboxylic acids is 1. The minimum atomic E-state index is -4.18. The van der Waals surface area contributed by atoms with Gasteiger partial charge in [-0.05, 0) is 43.4 Å². The van der Waals surface area contributed by atoms with Crippen LogP contribution in [0.3, 0.4) is 0 Å². The van der Waals surface area contributed by atoms with E-state index < -0.39 is 27.8 Å². The summed E-state index contributed by atoms with van der Waals surface area (Å²) in [5.74, 6) is -2.29. The summed E-state index contributed by atoms with van der Waals surface area (Å²) in [5.41, 5.74) is 1.67. The zero-order valence-corrected chi connectivity index (χ0v) is 18.5. The van der Waals surface area contributed by atoms with Gasteiger partial charge < -0.3 is 19.6 Å². The molecule has 1 aromatic carbocycles. The smallest absolute Gasteiger partial charge is 0.550 e. The van der Waals surface area contributed by atoms with Crippen LogP contribution in [0.25, 0.3) is 10.9 Å². The van der Waals surface area contributed by atoms with Gasteiger partial charge in [-0.1, -0.05) is 12.1 Å². The molecule has 26 heavy (non-hydrogen) atoms. The van der Waals surface area contributed by atoms with E-state index in [9.17, 15) is 23.1 Å². The van der Waals surface area contributed by atoms with Crippen LogP contribution in [0.15, 0.2) is 18.2 Å². The number of benzene rings is 1. The second-order valence-corrected chi connectivity index (χ2v) is 6.98. The fourth-order valence-electron chi connectivity index (χ4n) is 2.65. The zero-order valence-electron chi connectivity index (χ0n) is 14.6. The zero-order chi connectivity index (χ0) is 18.6. The predicted molar refractivity (Wildman–Crippen MR) is 87.5 cm³/mol. The van der Waals surface area contributed by atoms with Crippen molar-refractivity contribution >= 4 is 33.0 Å². The summed E-state index contributed by atoms with van der Waals surface area (Å²) >= 11 is 0. The summed E-state index contributed by atoms with van der Waals surface area (Å²) in [6.45, 7) is 1.85. The normalized spacial score (nSPS) is 11.2. The average Bonchev–Trinajstić information content (AvgIpc) is 2.83. The molecule has 136 valence electrons. The topological polar surface area (TPSA) is 137 Å². The second kappa shape index (κ2) is 9.97. The molecule has 0 bridgehead atoms. The molecule has 0 saturated carbocycles. The molecule has 10 heteroatoms. The molecule has 8 nitrogen and oxygen atoms in total. The molecule has 0 aliphatic heterocycles. The Hall–Kier alpha value is -0.754. The Kier molecular flexibility index (Phi) is 8.93. The molecule has 0 radical (unpaired) electrons. The van der Waals surface area contributed by atoms with E-state index in [-0.39, 0.29) is 76.5 Å². The monoisotopic (exact) mass is 407 g/mol. The number of nitrogens with one attached hydrogen (secondary N) is 1. The number of aromatic nitrogens is 1. The number of carboxylic acids is 1. The summed E-state index contributed by atoms with van der Waals surface area (Å²) < 4.78 is 36.0. The van der Waals surface area contributed by atoms with Crippen molar-refractivity contribution in [3.05, 3.63) is 35.0 Å². The Bertz CT molecular complexity index is 905. The van der Waals surface area contributed by atoms with Gasteiger partial charge in [0.15, 0.2) is 0 Å². The number of fused-ring (bicyclic) bond motifs is 1. The first-order valence-corrected chi connectivity index (χ1v) is 9.27. The summed E-state index contributed by atoms with van der Waals surface area (Å²) in [6, 6.07) is 4.68. The average molecular weight is 407 g/mol. The van der Waals surface area contributed by atoms with E-state index >= 15 is 0 Å². The number of carboxylic acid groups (broad SMARTS) is 1. The SMILES string of the molecule is CCOC(=O)c1[nH]c2cc(CS(=O)(=O)O)ccc2c1CCCC(=O)[O-].[K+]. The molecule has 0 amide bonds. The molecular formula is C16H18KNO7S. The van der Waals surface area contributed by atoms with E-state index in [4.69, 9.17) is 9.29 Å². The van der Waals surface area contributed by atoms with Crippen molar-refractivity contribution < 1.29 is 83.8 Å². The van der Waals surface area contributed by atoms with Gasteiger partial charge in [0.05, 0.1) is 6.61 Å². The van der Waals surface area contributed by atoms with Crippen molar-refractivity contribution in [2.75, 3.05) is 6.61 Å². The number of H-pyrrole nitrogens is 1. The van der Waals surface area contributed by atoms with Gasteiger partial charge in [0.2, 0.25) is 0 Å². The van der Waals surface area contributed by atoms with Crippen LogP contribution in [-0.4, -0.2) is 36.5 Å². The number of aryl methyl sites for hydroxylation is 1. The fourth-order valence-corrected chi connectivity index (χ4v) is 3.25. The number of ether oxygens (including phenoxy) is 1. The van der Waals surface area contributed by atoms with Crippen LogP contribution in [0.1, 0.15) is 41.4 Å². The second-order valence-electron chi connectivity index (χ2n) is 5.53. The van der Waals surface area contributed by atoms with E-state index in [2.05, 4.69) is 4.98 Å². The maximum Gasteiger partial charge on any atom is 1.00 e. The van der Waals surface area contributed by atoms with Gasteiger partial charge in [-0.25, -0.2) is 4.79 Å². The third-order valence-corrected chi connectivity index (χ3v) is 4.30. The summed E-state index contributed by atoms with van der Waals surface area (Å²) in [5, 5.41) is 11.3. The molecule has 2 N–H and O–H groups in total. The van der Waals surface area contributed by atoms with Crippen LogP contribution in [0.5, 0.6) is 0 Å². The van der Waals surface area contributed by atoms with E-state index in [1.807, 2.05) is 0 Å². The van der Waals surface area contributed by atoms with Gasteiger partial charge in [0, 0.05) is 16.9 Å². The molecule has 0 unspecified atom stereocenters. The van der Waals surface area contributed by atoms with E-state index in [1.54, 1.807) is 13.0 Å². The Labute approximate surface area is 193 Å². The Morgan fingerprint density at radius 1 is 1.31 bits per heavy atom. The molecule has 0 fully saturated rings. The quantitative estimate of drug-likeness (QED) is 0.288. The van der Waals surface area contributed by atoms with Crippen LogP contribution in [0.2, 0.25) is 0 Å². The van der Waals surface area contributed by atoms with Crippen LogP contribution in [-0.2, 0) is 31.8 Å². The minimum absolute atomic E-state index is 0. The van der Waals surface area contributed by atoms with Crippen molar-refractivity contribution in [1.82, 2.24) is 4.98 Å². The van der Waals surface area contributed by atoms with Crippen molar-refractivity contribution in [2.24, 2.45) is 0 Å². The molecule has 0 aliphatic rings. The largest absolute Gasteiger partial charge is 1.00 e. The predicted octanol–water partition coefficient (Wildman–Crippen LogP) is -2.19. The Morgan fingerprint density at radius 2 is 2.00 bits per heavy atom. The first kappa shape index (κ1) is 23.3. The maximum absolute atomic E-state index is 12.1. The van der Waals surface area contributed by atoms with Crippen molar-refractivity contribution in [1.29, 1.82) is 0 Å². The first-order valence-electron chi connectivity index (χ1n) is 7.67. The fraction of sp³-hybridized carbons (Fsp3) is 0.375. The van der Waals surface area contributed by atoms with Gasteiger partial charge >= 0.3 is 57.4 Å². The van der Waals surface area contributed by atoms with E-state index in [1.165, 1.54) is 12.1 Å². The minimum Gasteiger partial charge on any atom is -0.550 e. The maximum atomic E-state index is 12.1. The number of hydrogen-bond acceptors (Lipinski definition) is 6. The van der Waals surface area contributed by atoms with Gasteiger partial charge in [-0.15, -0.1) is 0 Å². The van der Waals surface area contributed by atoms with Crippen LogP contribution < -0.4 is 56.5 Å². The molecular weight excluding hydrogens is 389 g/mol. The van der Waals surface area contributed by atoms with Crippen LogP contribution >= 0.6 is 0 Å². The van der Waals surface area contributed by atoms with Crippen molar-refractivity contribution in [3.63, 3.8) is 0 Å². The van der Waals surface area contributed by atoms with E-state index in [0.717, 1.165) is 0 Å². The number of aromatic amines is 1. The first-order chi connectivity index (χ1) is 11.7. The number of carbonyl (C=O) groups is 2. The summed E-state index contributed by atoms with van der Waals surface area (Å²) in [4.78, 5) is 25.6. The number of hydrogen-bond donors (Lipinski definition) is 2. The third-order valence-electron chi connectivity index (χ3n) is 3.61. The molecule has 0 spiro atoms. The molecule has 1 aromatic heterocycles. The molecule has 1 heterocycles. The van der Waals surface area contributed by atoms with E-state index in [0.29, 0.717) is 28.5 Å². The third kappa shape index (κ3) is 6.45. The summed E-state index contributed by atoms with van der Waals surface area (Å²) in [7, 11) is -4.18. The number of esters is 1. The standard InChI is InChI=1S/C16H19NO7S.K/c1-2-24-16(20)15-12(4-3-5-14(18)19)11-7-6-10(8-13(11)17-15)9-25(21,22)23;/h6-8,17H,2-5,9H2,1H3,(H,18,19)(H,21,22,23);/q;+1/p-1. The molecule has 2 aromatic rings. The van der Waals surface area contributed by atoms with Gasteiger partial charge in [-0.2, -0.15) is 8.42 Å². The molecule has 0 atom stereocenters. The van der Waals surface area contributed by atoms with Crippen molar-refractivity contribution in [3.8, 4) is 0 Å². The molecule has 0 saturated heterocycles. The van der Waals surface area contributed by atoms with Gasteiger partial charge in [0.25, 0.3) is 10.1 Å². The molecule has 0 aliphatic carbocycles. The van der Waals surface area contributed by atoms with Crippen LogP contribution in [0.4, 0.5) is 0 Å². The van der Waals surface area contributed by atoms with Crippen molar-refractivity contribution in [2.45, 2.75) is 31.9 Å².